The predicted octanol–water partition coefficient (Wildman–Crippen LogP) is 4.44. The Balaban J connectivity index is 1.42. The summed E-state index contributed by atoms with van der Waals surface area (Å²) in [6.45, 7) is 0.530. The van der Waals surface area contributed by atoms with Gasteiger partial charge in [0.05, 0.1) is 12.1 Å². The van der Waals surface area contributed by atoms with Crippen molar-refractivity contribution in [2.24, 2.45) is 0 Å². The number of ether oxygens (including phenoxy) is 2. The molecule has 0 bridgehead atoms. The fourth-order valence-corrected chi connectivity index (χ4v) is 4.49. The Morgan fingerprint density at radius 3 is 2.52 bits per heavy atom. The van der Waals surface area contributed by atoms with Crippen LogP contribution in [0.15, 0.2) is 47.3 Å². The van der Waals surface area contributed by atoms with E-state index in [9.17, 15) is 14.0 Å². The van der Waals surface area contributed by atoms with Crippen molar-refractivity contribution in [2.75, 3.05) is 6.79 Å². The Labute approximate surface area is 190 Å². The molecule has 2 N–H and O–H groups in total. The number of hydrogen-bond donors (Lipinski definition) is 2. The number of nitrogens with zero attached hydrogens (tertiary/aromatic N) is 1. The first-order valence-corrected chi connectivity index (χ1v) is 11.3. The van der Waals surface area contributed by atoms with Gasteiger partial charge in [0, 0.05) is 29.6 Å². The molecule has 3 aromatic rings. The van der Waals surface area contributed by atoms with E-state index in [1.807, 2.05) is 6.07 Å². The minimum atomic E-state index is -0.332. The maximum absolute atomic E-state index is 13.4. The number of amides is 2. The zero-order valence-corrected chi connectivity index (χ0v) is 18.2. The minimum absolute atomic E-state index is 0.121. The van der Waals surface area contributed by atoms with Crippen LogP contribution in [0.2, 0.25) is 0 Å². The standard InChI is InChI=1S/C25H26FN3O4/c26-19-8-6-16(7-9-19)13-29(25(31)27-20-4-2-1-3-5-20)14-18-10-17-11-22-23(33-15-32-22)12-21(17)28-24(18)30/h6-12,20H,1-5,13-15H2,(H,27,31)(H,28,30). The maximum atomic E-state index is 13.4. The van der Waals surface area contributed by atoms with Crippen LogP contribution in [0.3, 0.4) is 0 Å². The lowest BCUT2D eigenvalue weighted by Crippen LogP contribution is -2.45. The molecule has 1 aliphatic heterocycles. The van der Waals surface area contributed by atoms with Gasteiger partial charge in [-0.15, -0.1) is 0 Å². The normalized spacial score (nSPS) is 15.5. The molecule has 0 unspecified atom stereocenters. The van der Waals surface area contributed by atoms with E-state index in [1.165, 1.54) is 18.6 Å². The van der Waals surface area contributed by atoms with Crippen LogP contribution in [0.25, 0.3) is 10.9 Å². The van der Waals surface area contributed by atoms with Crippen LogP contribution in [0.5, 0.6) is 11.5 Å². The van der Waals surface area contributed by atoms with E-state index in [2.05, 4.69) is 10.3 Å². The first-order chi connectivity index (χ1) is 16.0. The van der Waals surface area contributed by atoms with Crippen molar-refractivity contribution >= 4 is 16.9 Å². The van der Waals surface area contributed by atoms with Gasteiger partial charge in [0.15, 0.2) is 11.5 Å². The third-order valence-electron chi connectivity index (χ3n) is 6.28. The van der Waals surface area contributed by atoms with Gasteiger partial charge in [-0.05, 0) is 42.7 Å². The second-order valence-electron chi connectivity index (χ2n) is 8.68. The Morgan fingerprint density at radius 1 is 1.03 bits per heavy atom. The first-order valence-electron chi connectivity index (χ1n) is 11.3. The number of rotatable bonds is 5. The molecule has 2 aromatic carbocycles. The molecule has 0 spiro atoms. The second kappa shape index (κ2) is 9.13. The minimum Gasteiger partial charge on any atom is -0.454 e. The lowest BCUT2D eigenvalue weighted by atomic mass is 9.96. The van der Waals surface area contributed by atoms with Gasteiger partial charge in [-0.2, -0.15) is 0 Å². The van der Waals surface area contributed by atoms with E-state index in [-0.39, 0.29) is 43.3 Å². The Morgan fingerprint density at radius 2 is 1.76 bits per heavy atom. The molecule has 1 saturated carbocycles. The quantitative estimate of drug-likeness (QED) is 0.601. The zero-order valence-electron chi connectivity index (χ0n) is 18.2. The number of aromatic nitrogens is 1. The summed E-state index contributed by atoms with van der Waals surface area (Å²) in [4.78, 5) is 30.5. The molecule has 0 saturated heterocycles. The highest BCUT2D eigenvalue weighted by Gasteiger charge is 2.22. The monoisotopic (exact) mass is 451 g/mol. The van der Waals surface area contributed by atoms with Crippen LogP contribution >= 0.6 is 0 Å². The summed E-state index contributed by atoms with van der Waals surface area (Å²) in [7, 11) is 0. The number of urea groups is 1. The van der Waals surface area contributed by atoms with Gasteiger partial charge in [0.2, 0.25) is 6.79 Å². The van der Waals surface area contributed by atoms with E-state index < -0.39 is 0 Å². The van der Waals surface area contributed by atoms with E-state index in [0.717, 1.165) is 36.6 Å². The summed E-state index contributed by atoms with van der Waals surface area (Å²) in [5.74, 6) is 0.885. The van der Waals surface area contributed by atoms with Crippen molar-refractivity contribution in [3.63, 3.8) is 0 Å². The highest BCUT2D eigenvalue weighted by Crippen LogP contribution is 2.35. The number of carbonyl (C=O) groups excluding carboxylic acids is 1. The van der Waals surface area contributed by atoms with Gasteiger partial charge in [0.25, 0.3) is 5.56 Å². The van der Waals surface area contributed by atoms with Crippen LogP contribution in [0, 0.1) is 5.82 Å². The third kappa shape index (κ3) is 4.79. The van der Waals surface area contributed by atoms with E-state index in [1.54, 1.807) is 29.2 Å². The molecule has 2 aliphatic rings. The van der Waals surface area contributed by atoms with Crippen LogP contribution < -0.4 is 20.3 Å². The molecular formula is C25H26FN3O4. The largest absolute Gasteiger partial charge is 0.454 e. The molecule has 172 valence electrons. The van der Waals surface area contributed by atoms with Gasteiger partial charge in [-0.25, -0.2) is 9.18 Å². The number of aromatic amines is 1. The van der Waals surface area contributed by atoms with Crippen molar-refractivity contribution < 1.29 is 18.7 Å². The van der Waals surface area contributed by atoms with Crippen LogP contribution in [-0.2, 0) is 13.1 Å². The first kappa shape index (κ1) is 21.3. The lowest BCUT2D eigenvalue weighted by molar-refractivity contribution is 0.174. The number of H-pyrrole nitrogens is 1. The van der Waals surface area contributed by atoms with E-state index in [0.29, 0.717) is 22.6 Å². The van der Waals surface area contributed by atoms with Crippen molar-refractivity contribution in [1.82, 2.24) is 15.2 Å². The molecule has 0 radical (unpaired) electrons. The molecule has 7 nitrogen and oxygen atoms in total. The van der Waals surface area contributed by atoms with Crippen molar-refractivity contribution in [2.45, 2.75) is 51.2 Å². The number of nitrogens with one attached hydrogen (secondary N) is 2. The second-order valence-corrected chi connectivity index (χ2v) is 8.68. The fraction of sp³-hybridized carbons (Fsp3) is 0.360. The molecule has 5 rings (SSSR count). The van der Waals surface area contributed by atoms with Gasteiger partial charge in [-0.3, -0.25) is 4.79 Å². The lowest BCUT2D eigenvalue weighted by Gasteiger charge is -2.28. The van der Waals surface area contributed by atoms with Crippen molar-refractivity contribution in [1.29, 1.82) is 0 Å². The summed E-state index contributed by atoms with van der Waals surface area (Å²) in [5.41, 5.74) is 1.62. The van der Waals surface area contributed by atoms with Gasteiger partial charge in [0.1, 0.15) is 5.82 Å². The number of halogens is 1. The summed E-state index contributed by atoms with van der Waals surface area (Å²) in [5, 5.41) is 3.92. The molecule has 1 aliphatic carbocycles. The fourth-order valence-electron chi connectivity index (χ4n) is 4.49. The molecule has 1 aromatic heterocycles. The van der Waals surface area contributed by atoms with Crippen LogP contribution in [0.4, 0.5) is 9.18 Å². The number of benzene rings is 2. The Kier molecular flexibility index (Phi) is 5.90. The summed E-state index contributed by atoms with van der Waals surface area (Å²) in [6.07, 6.45) is 5.31. The van der Waals surface area contributed by atoms with Crippen LogP contribution in [0.1, 0.15) is 43.2 Å². The number of hydrogen-bond acceptors (Lipinski definition) is 4. The molecule has 2 heterocycles. The SMILES string of the molecule is O=C(NC1CCCCC1)N(Cc1ccc(F)cc1)Cc1cc2cc3c(cc2[nH]c1=O)OCO3. The third-order valence-corrected chi connectivity index (χ3v) is 6.28. The molecule has 33 heavy (non-hydrogen) atoms. The summed E-state index contributed by atoms with van der Waals surface area (Å²) < 4.78 is 24.2. The topological polar surface area (TPSA) is 83.7 Å². The summed E-state index contributed by atoms with van der Waals surface area (Å²) >= 11 is 0. The van der Waals surface area contributed by atoms with Crippen molar-refractivity contribution in [3.05, 3.63) is 69.8 Å². The average Bonchev–Trinajstić information content (AvgIpc) is 3.27. The number of pyridine rings is 1. The summed E-state index contributed by atoms with van der Waals surface area (Å²) in [6, 6.07) is 11.3. The molecule has 2 amide bonds. The smallest absolute Gasteiger partial charge is 0.318 e. The number of fused-ring (bicyclic) bond motifs is 2. The average molecular weight is 451 g/mol. The van der Waals surface area contributed by atoms with Gasteiger partial charge < -0.3 is 24.7 Å². The van der Waals surface area contributed by atoms with Gasteiger partial charge >= 0.3 is 6.03 Å². The molecular weight excluding hydrogens is 425 g/mol. The van der Waals surface area contributed by atoms with E-state index in [4.69, 9.17) is 9.47 Å². The molecule has 8 heteroatoms. The Hall–Kier alpha value is -3.55. The maximum Gasteiger partial charge on any atom is 0.318 e. The highest BCUT2D eigenvalue weighted by molar-refractivity contribution is 5.83. The number of carbonyl (C=O) groups is 1. The van der Waals surface area contributed by atoms with Crippen LogP contribution in [-0.4, -0.2) is 28.7 Å². The van der Waals surface area contributed by atoms with Gasteiger partial charge in [-0.1, -0.05) is 31.4 Å². The zero-order chi connectivity index (χ0) is 22.8. The highest BCUT2D eigenvalue weighted by atomic mass is 19.1. The van der Waals surface area contributed by atoms with Crippen molar-refractivity contribution in [3.8, 4) is 11.5 Å². The molecule has 0 atom stereocenters. The van der Waals surface area contributed by atoms with E-state index >= 15 is 0 Å². The predicted molar refractivity (Wildman–Crippen MR) is 122 cm³/mol. The Bertz CT molecular complexity index is 1220. The molecule has 1 fully saturated rings.